The Morgan fingerprint density at radius 3 is 1.89 bits per heavy atom. The van der Waals surface area contributed by atoms with Gasteiger partial charge in [-0.1, -0.05) is 13.0 Å². The number of hydrogen-bond acceptors (Lipinski definition) is 2. The molecule has 19 heavy (non-hydrogen) atoms. The molecule has 0 saturated heterocycles. The van der Waals surface area contributed by atoms with Crippen molar-refractivity contribution in [2.75, 3.05) is 20.6 Å². The van der Waals surface area contributed by atoms with Crippen molar-refractivity contribution in [3.8, 4) is 0 Å². The Kier molecular flexibility index (Phi) is 5.57. The molecular weight excluding hydrogens is 232 g/mol. The van der Waals surface area contributed by atoms with E-state index in [4.69, 9.17) is 5.73 Å². The fourth-order valence-corrected chi connectivity index (χ4v) is 2.81. The van der Waals surface area contributed by atoms with Gasteiger partial charge in [0.25, 0.3) is 0 Å². The lowest BCUT2D eigenvalue weighted by Gasteiger charge is -2.31. The number of nitrogens with zero attached hydrogens (tertiary/aromatic N) is 1. The maximum Gasteiger partial charge on any atom is 0.0350 e. The van der Waals surface area contributed by atoms with Gasteiger partial charge in [0.2, 0.25) is 0 Å². The van der Waals surface area contributed by atoms with E-state index in [1.165, 1.54) is 27.8 Å². The second-order valence-electron chi connectivity index (χ2n) is 6.23. The minimum atomic E-state index is 0.456. The number of rotatable bonds is 5. The van der Waals surface area contributed by atoms with E-state index in [2.05, 4.69) is 59.7 Å². The Bertz CT molecular complexity index is 409. The summed E-state index contributed by atoms with van der Waals surface area (Å²) in [5.74, 6) is 0.548. The van der Waals surface area contributed by atoms with E-state index >= 15 is 0 Å². The quantitative estimate of drug-likeness (QED) is 0.880. The molecule has 0 saturated carbocycles. The first kappa shape index (κ1) is 16.2. The van der Waals surface area contributed by atoms with Gasteiger partial charge in [-0.15, -0.1) is 0 Å². The lowest BCUT2D eigenvalue weighted by Crippen LogP contribution is -2.26. The molecule has 2 nitrogen and oxygen atoms in total. The van der Waals surface area contributed by atoms with Crippen LogP contribution in [0.5, 0.6) is 0 Å². The molecule has 0 radical (unpaired) electrons. The van der Waals surface area contributed by atoms with Crippen LogP contribution in [0, 0.1) is 33.6 Å². The van der Waals surface area contributed by atoms with Gasteiger partial charge in [-0.05, 0) is 88.5 Å². The third kappa shape index (κ3) is 3.58. The zero-order valence-corrected chi connectivity index (χ0v) is 13.7. The predicted octanol–water partition coefficient (Wildman–Crippen LogP) is 3.51. The summed E-state index contributed by atoms with van der Waals surface area (Å²) in [6.07, 6.45) is 1.12. The van der Waals surface area contributed by atoms with Gasteiger partial charge in [-0.2, -0.15) is 0 Å². The van der Waals surface area contributed by atoms with E-state index in [0.29, 0.717) is 12.0 Å². The molecule has 108 valence electrons. The molecule has 2 atom stereocenters. The molecule has 0 spiro atoms. The molecule has 2 heteroatoms. The van der Waals surface area contributed by atoms with Crippen molar-refractivity contribution >= 4 is 0 Å². The lowest BCUT2D eigenvalue weighted by molar-refractivity contribution is 0.253. The smallest absolute Gasteiger partial charge is 0.0350 e. The molecule has 0 bridgehead atoms. The molecule has 0 heterocycles. The van der Waals surface area contributed by atoms with E-state index in [0.717, 1.165) is 13.0 Å². The highest BCUT2D eigenvalue weighted by molar-refractivity contribution is 5.45. The maximum absolute atomic E-state index is 5.82. The molecule has 0 amide bonds. The topological polar surface area (TPSA) is 29.3 Å². The molecule has 0 aromatic heterocycles. The normalized spacial score (nSPS) is 14.8. The Balaban J connectivity index is 3.30. The van der Waals surface area contributed by atoms with Crippen molar-refractivity contribution in [2.24, 2.45) is 11.7 Å². The van der Waals surface area contributed by atoms with Crippen molar-refractivity contribution in [2.45, 2.75) is 47.1 Å². The minimum Gasteiger partial charge on any atom is -0.330 e. The molecule has 1 rings (SSSR count). The summed E-state index contributed by atoms with van der Waals surface area (Å²) >= 11 is 0. The van der Waals surface area contributed by atoms with Crippen LogP contribution in [-0.4, -0.2) is 25.5 Å². The van der Waals surface area contributed by atoms with Crippen molar-refractivity contribution in [1.29, 1.82) is 0 Å². The van der Waals surface area contributed by atoms with E-state index in [1.807, 2.05) is 0 Å². The van der Waals surface area contributed by atoms with Crippen LogP contribution in [0.15, 0.2) is 6.07 Å². The van der Waals surface area contributed by atoms with Crippen molar-refractivity contribution < 1.29 is 0 Å². The van der Waals surface area contributed by atoms with Crippen LogP contribution < -0.4 is 5.73 Å². The second kappa shape index (κ2) is 6.53. The fourth-order valence-electron chi connectivity index (χ4n) is 2.81. The molecule has 2 unspecified atom stereocenters. The Morgan fingerprint density at radius 1 is 1.05 bits per heavy atom. The summed E-state index contributed by atoms with van der Waals surface area (Å²) < 4.78 is 0. The summed E-state index contributed by atoms with van der Waals surface area (Å²) in [6, 6.07) is 2.75. The summed E-state index contributed by atoms with van der Waals surface area (Å²) in [4.78, 5) is 2.33. The van der Waals surface area contributed by atoms with Gasteiger partial charge in [-0.3, -0.25) is 0 Å². The maximum atomic E-state index is 5.82. The van der Waals surface area contributed by atoms with Crippen LogP contribution in [0.1, 0.15) is 47.2 Å². The van der Waals surface area contributed by atoms with Gasteiger partial charge < -0.3 is 10.6 Å². The van der Waals surface area contributed by atoms with Crippen molar-refractivity contribution in [1.82, 2.24) is 4.90 Å². The molecule has 0 fully saturated rings. The highest BCUT2D eigenvalue weighted by Gasteiger charge is 2.22. The van der Waals surface area contributed by atoms with Gasteiger partial charge in [0, 0.05) is 6.04 Å². The molecule has 0 aliphatic heterocycles. The average Bonchev–Trinajstić information content (AvgIpc) is 2.34. The standard InChI is InChI=1S/C17H30N2/c1-11(10-18)8-16(19(6)7)17-14(4)12(2)9-13(3)15(17)5/h9,11,16H,8,10,18H2,1-7H3. The Labute approximate surface area is 119 Å². The number of hydrogen-bond donors (Lipinski definition) is 1. The molecule has 2 N–H and O–H groups in total. The zero-order valence-electron chi connectivity index (χ0n) is 13.7. The molecule has 1 aromatic carbocycles. The van der Waals surface area contributed by atoms with Crippen molar-refractivity contribution in [3.63, 3.8) is 0 Å². The zero-order chi connectivity index (χ0) is 14.7. The van der Waals surface area contributed by atoms with Gasteiger partial charge in [-0.25, -0.2) is 0 Å². The minimum absolute atomic E-state index is 0.456. The fraction of sp³-hybridized carbons (Fsp3) is 0.647. The Hall–Kier alpha value is -0.860. The number of benzene rings is 1. The summed E-state index contributed by atoms with van der Waals surface area (Å²) in [7, 11) is 4.34. The van der Waals surface area contributed by atoms with Gasteiger partial charge in [0.15, 0.2) is 0 Å². The molecule has 0 aliphatic carbocycles. The average molecular weight is 262 g/mol. The van der Waals surface area contributed by atoms with Crippen LogP contribution in [0.25, 0.3) is 0 Å². The van der Waals surface area contributed by atoms with Crippen LogP contribution in [-0.2, 0) is 0 Å². The highest BCUT2D eigenvalue weighted by Crippen LogP contribution is 2.33. The van der Waals surface area contributed by atoms with Crippen molar-refractivity contribution in [3.05, 3.63) is 33.9 Å². The van der Waals surface area contributed by atoms with Crippen LogP contribution in [0.3, 0.4) is 0 Å². The summed E-state index contributed by atoms with van der Waals surface area (Å²) in [6.45, 7) is 11.9. The highest BCUT2D eigenvalue weighted by atomic mass is 15.1. The molecule has 0 aliphatic rings. The lowest BCUT2D eigenvalue weighted by atomic mass is 9.85. The second-order valence-corrected chi connectivity index (χ2v) is 6.23. The first-order chi connectivity index (χ1) is 8.79. The summed E-state index contributed by atoms with van der Waals surface area (Å²) in [5, 5.41) is 0. The van der Waals surface area contributed by atoms with Crippen LogP contribution in [0.4, 0.5) is 0 Å². The van der Waals surface area contributed by atoms with E-state index < -0.39 is 0 Å². The van der Waals surface area contributed by atoms with Gasteiger partial charge in [0.1, 0.15) is 0 Å². The SMILES string of the molecule is Cc1cc(C)c(C)c(C(CC(C)CN)N(C)C)c1C. The number of nitrogens with two attached hydrogens (primary N) is 1. The Morgan fingerprint density at radius 2 is 1.53 bits per heavy atom. The molecular formula is C17H30N2. The first-order valence-corrected chi connectivity index (χ1v) is 7.23. The van der Waals surface area contributed by atoms with E-state index in [1.54, 1.807) is 0 Å². The van der Waals surface area contributed by atoms with Crippen LogP contribution in [0.2, 0.25) is 0 Å². The van der Waals surface area contributed by atoms with Gasteiger partial charge in [0.05, 0.1) is 0 Å². The van der Waals surface area contributed by atoms with Crippen LogP contribution >= 0.6 is 0 Å². The van der Waals surface area contributed by atoms with E-state index in [-0.39, 0.29) is 0 Å². The first-order valence-electron chi connectivity index (χ1n) is 7.23. The third-order valence-corrected chi connectivity index (χ3v) is 4.41. The van der Waals surface area contributed by atoms with Gasteiger partial charge >= 0.3 is 0 Å². The largest absolute Gasteiger partial charge is 0.330 e. The van der Waals surface area contributed by atoms with E-state index in [9.17, 15) is 0 Å². The summed E-state index contributed by atoms with van der Waals surface area (Å²) in [5.41, 5.74) is 13.0. The molecule has 1 aromatic rings. The third-order valence-electron chi connectivity index (χ3n) is 4.41. The monoisotopic (exact) mass is 262 g/mol. The number of aryl methyl sites for hydroxylation is 2. The predicted molar refractivity (Wildman–Crippen MR) is 84.7 cm³/mol.